The molecule has 2 fully saturated rings. The average Bonchev–Trinajstić information content (AvgIpc) is 3.27. The number of carbonyl (C=O) groups is 2. The van der Waals surface area contributed by atoms with Gasteiger partial charge < -0.3 is 9.80 Å². The molecule has 2 saturated heterocycles. The van der Waals surface area contributed by atoms with Crippen LogP contribution in [0.2, 0.25) is 0 Å². The van der Waals surface area contributed by atoms with Gasteiger partial charge in [0.15, 0.2) is 0 Å². The maximum absolute atomic E-state index is 13.0. The molecule has 2 amide bonds. The molecular weight excluding hydrogens is 420 g/mol. The zero-order valence-corrected chi connectivity index (χ0v) is 20.2. The number of piperazine rings is 1. The number of piperidine rings is 1. The van der Waals surface area contributed by atoms with E-state index < -0.39 is 0 Å². The summed E-state index contributed by atoms with van der Waals surface area (Å²) in [7, 11) is 0. The van der Waals surface area contributed by atoms with Crippen molar-refractivity contribution in [2.24, 2.45) is 11.3 Å². The van der Waals surface area contributed by atoms with Gasteiger partial charge in [-0.05, 0) is 12.8 Å². The van der Waals surface area contributed by atoms with Crippen molar-refractivity contribution in [2.45, 2.75) is 40.2 Å². The first-order chi connectivity index (χ1) is 15.3. The molecule has 0 N–H and O–H groups in total. The van der Waals surface area contributed by atoms with E-state index in [1.54, 1.807) is 11.3 Å². The van der Waals surface area contributed by atoms with E-state index in [0.717, 1.165) is 61.8 Å². The number of hydrogen-bond donors (Lipinski definition) is 0. The number of nitrogens with zero attached hydrogens (tertiary/aromatic N) is 4. The van der Waals surface area contributed by atoms with Crippen LogP contribution in [0.4, 0.5) is 0 Å². The van der Waals surface area contributed by atoms with Gasteiger partial charge in [-0.3, -0.25) is 14.5 Å². The zero-order chi connectivity index (χ0) is 22.7. The largest absolute Gasteiger partial charge is 0.342 e. The van der Waals surface area contributed by atoms with Crippen molar-refractivity contribution in [3.63, 3.8) is 0 Å². The quantitative estimate of drug-likeness (QED) is 0.706. The first-order valence-corrected chi connectivity index (χ1v) is 12.5. The molecule has 2 aliphatic heterocycles. The van der Waals surface area contributed by atoms with Crippen LogP contribution in [0.15, 0.2) is 35.7 Å². The normalized spacial score (nSPS) is 18.7. The van der Waals surface area contributed by atoms with Crippen molar-refractivity contribution in [1.82, 2.24) is 19.7 Å². The highest BCUT2D eigenvalue weighted by molar-refractivity contribution is 7.13. The fourth-order valence-electron chi connectivity index (χ4n) is 4.51. The van der Waals surface area contributed by atoms with E-state index in [1.807, 2.05) is 48.8 Å². The van der Waals surface area contributed by atoms with Gasteiger partial charge in [0, 0.05) is 68.1 Å². The van der Waals surface area contributed by atoms with Gasteiger partial charge in [-0.15, -0.1) is 11.3 Å². The van der Waals surface area contributed by atoms with Crippen LogP contribution in [0.1, 0.15) is 39.3 Å². The van der Waals surface area contributed by atoms with Crippen LogP contribution in [0.5, 0.6) is 0 Å². The number of thiazole rings is 1. The first kappa shape index (κ1) is 22.9. The lowest BCUT2D eigenvalue weighted by molar-refractivity contribution is -0.145. The van der Waals surface area contributed by atoms with Crippen LogP contribution < -0.4 is 0 Å². The van der Waals surface area contributed by atoms with Gasteiger partial charge in [0.1, 0.15) is 5.01 Å². The van der Waals surface area contributed by atoms with E-state index in [0.29, 0.717) is 13.1 Å². The van der Waals surface area contributed by atoms with Gasteiger partial charge in [0.2, 0.25) is 11.8 Å². The van der Waals surface area contributed by atoms with E-state index in [2.05, 4.69) is 22.4 Å². The lowest BCUT2D eigenvalue weighted by Gasteiger charge is -2.39. The number of rotatable bonds is 4. The third-order valence-electron chi connectivity index (χ3n) is 6.42. The second-order valence-electron chi connectivity index (χ2n) is 9.93. The Morgan fingerprint density at radius 3 is 2.25 bits per heavy atom. The van der Waals surface area contributed by atoms with Gasteiger partial charge in [0.25, 0.3) is 0 Å². The Balaban J connectivity index is 1.23. The van der Waals surface area contributed by atoms with Crippen molar-refractivity contribution in [2.75, 3.05) is 39.3 Å². The van der Waals surface area contributed by atoms with Crippen LogP contribution in [-0.2, 0) is 16.1 Å². The highest BCUT2D eigenvalue weighted by atomic mass is 32.1. The molecule has 1 aromatic heterocycles. The Kier molecular flexibility index (Phi) is 6.96. The minimum atomic E-state index is -0.355. The zero-order valence-electron chi connectivity index (χ0n) is 19.4. The van der Waals surface area contributed by atoms with Gasteiger partial charge in [-0.25, -0.2) is 4.98 Å². The molecule has 2 aliphatic rings. The van der Waals surface area contributed by atoms with Crippen LogP contribution in [0, 0.1) is 11.3 Å². The molecule has 0 saturated carbocycles. The summed E-state index contributed by atoms with van der Waals surface area (Å²) in [6.45, 7) is 11.4. The van der Waals surface area contributed by atoms with Crippen molar-refractivity contribution in [3.8, 4) is 10.6 Å². The maximum atomic E-state index is 13.0. The molecule has 2 aromatic rings. The van der Waals surface area contributed by atoms with Crippen molar-refractivity contribution in [1.29, 1.82) is 0 Å². The standard InChI is InChI=1S/C25H34N4O2S/c1-25(2,3)24(31)29-11-9-20(10-12-29)23(30)28-15-13-27(14-16-28)17-21-18-32-22(26-21)19-7-5-4-6-8-19/h4-8,18,20H,9-17H2,1-3H3. The van der Waals surface area contributed by atoms with E-state index in [-0.39, 0.29) is 23.1 Å². The molecule has 0 spiro atoms. The molecule has 4 rings (SSSR count). The van der Waals surface area contributed by atoms with E-state index in [9.17, 15) is 9.59 Å². The second kappa shape index (κ2) is 9.71. The predicted molar refractivity (Wildman–Crippen MR) is 128 cm³/mol. The highest BCUT2D eigenvalue weighted by Gasteiger charge is 2.34. The summed E-state index contributed by atoms with van der Waals surface area (Å²) in [4.78, 5) is 36.7. The lowest BCUT2D eigenvalue weighted by Crippen LogP contribution is -2.52. The lowest BCUT2D eigenvalue weighted by atomic mass is 9.90. The number of benzene rings is 1. The van der Waals surface area contributed by atoms with E-state index in [1.165, 1.54) is 0 Å². The van der Waals surface area contributed by atoms with Crippen LogP contribution >= 0.6 is 11.3 Å². The van der Waals surface area contributed by atoms with E-state index in [4.69, 9.17) is 4.98 Å². The SMILES string of the molecule is CC(C)(C)C(=O)N1CCC(C(=O)N2CCN(Cc3csc(-c4ccccc4)n3)CC2)CC1. The Bertz CT molecular complexity index is 921. The Labute approximate surface area is 195 Å². The summed E-state index contributed by atoms with van der Waals surface area (Å²) in [6.07, 6.45) is 1.56. The van der Waals surface area contributed by atoms with Crippen LogP contribution in [-0.4, -0.2) is 70.8 Å². The summed E-state index contributed by atoms with van der Waals surface area (Å²) in [6, 6.07) is 10.3. The van der Waals surface area contributed by atoms with E-state index >= 15 is 0 Å². The van der Waals surface area contributed by atoms with Crippen LogP contribution in [0.3, 0.4) is 0 Å². The summed E-state index contributed by atoms with van der Waals surface area (Å²) < 4.78 is 0. The van der Waals surface area contributed by atoms with Gasteiger partial charge in [0.05, 0.1) is 5.69 Å². The fraction of sp³-hybridized carbons (Fsp3) is 0.560. The molecule has 0 unspecified atom stereocenters. The molecule has 7 heteroatoms. The van der Waals surface area contributed by atoms with Crippen molar-refractivity contribution in [3.05, 3.63) is 41.4 Å². The van der Waals surface area contributed by atoms with Gasteiger partial charge in [-0.2, -0.15) is 0 Å². The van der Waals surface area contributed by atoms with Crippen LogP contribution in [0.25, 0.3) is 10.6 Å². The molecule has 0 aliphatic carbocycles. The second-order valence-corrected chi connectivity index (χ2v) is 10.8. The van der Waals surface area contributed by atoms with Gasteiger partial charge >= 0.3 is 0 Å². The third kappa shape index (κ3) is 5.38. The molecule has 172 valence electrons. The fourth-order valence-corrected chi connectivity index (χ4v) is 5.33. The number of likely N-dealkylation sites (tertiary alicyclic amines) is 1. The minimum Gasteiger partial charge on any atom is -0.342 e. The highest BCUT2D eigenvalue weighted by Crippen LogP contribution is 2.26. The molecule has 6 nitrogen and oxygen atoms in total. The summed E-state index contributed by atoms with van der Waals surface area (Å²) in [5.41, 5.74) is 1.91. The molecule has 32 heavy (non-hydrogen) atoms. The maximum Gasteiger partial charge on any atom is 0.227 e. The molecule has 3 heterocycles. The summed E-state index contributed by atoms with van der Waals surface area (Å²) in [5.74, 6) is 0.513. The molecule has 1 aromatic carbocycles. The number of carbonyl (C=O) groups excluding carboxylic acids is 2. The average molecular weight is 455 g/mol. The van der Waals surface area contributed by atoms with Crippen molar-refractivity contribution >= 4 is 23.2 Å². The number of aromatic nitrogens is 1. The minimum absolute atomic E-state index is 0.0533. The molecule has 0 bridgehead atoms. The smallest absolute Gasteiger partial charge is 0.227 e. The summed E-state index contributed by atoms with van der Waals surface area (Å²) >= 11 is 1.69. The topological polar surface area (TPSA) is 56.8 Å². The molecular formula is C25H34N4O2S. The molecule has 0 radical (unpaired) electrons. The number of hydrogen-bond acceptors (Lipinski definition) is 5. The Hall–Kier alpha value is -2.25. The summed E-state index contributed by atoms with van der Waals surface area (Å²) in [5, 5.41) is 3.21. The van der Waals surface area contributed by atoms with Gasteiger partial charge in [-0.1, -0.05) is 51.1 Å². The first-order valence-electron chi connectivity index (χ1n) is 11.6. The predicted octanol–water partition coefficient (Wildman–Crippen LogP) is 3.74. The Morgan fingerprint density at radius 1 is 0.969 bits per heavy atom. The molecule has 0 atom stereocenters. The van der Waals surface area contributed by atoms with Crippen molar-refractivity contribution < 1.29 is 9.59 Å². The Morgan fingerprint density at radius 2 is 1.62 bits per heavy atom. The number of amides is 2. The third-order valence-corrected chi connectivity index (χ3v) is 7.36. The monoisotopic (exact) mass is 454 g/mol.